The second-order valence-electron chi connectivity index (χ2n) is 9.59. The molecule has 3 atom stereocenters. The maximum Gasteiger partial charge on any atom is 0.394 e. The van der Waals surface area contributed by atoms with E-state index in [0.29, 0.717) is 25.7 Å². The van der Waals surface area contributed by atoms with Crippen LogP contribution in [0.25, 0.3) is 0 Å². The van der Waals surface area contributed by atoms with Crippen molar-refractivity contribution < 1.29 is 26.7 Å². The first-order valence-electron chi connectivity index (χ1n) is 12.9. The minimum absolute atomic E-state index is 0.0394. The van der Waals surface area contributed by atoms with Crippen molar-refractivity contribution in [3.05, 3.63) is 90.2 Å². The first-order valence-corrected chi connectivity index (χ1v) is 12.9. The topological polar surface area (TPSA) is 46.9 Å². The second-order valence-corrected chi connectivity index (χ2v) is 9.59. The van der Waals surface area contributed by atoms with E-state index in [0.717, 1.165) is 24.6 Å². The summed E-state index contributed by atoms with van der Waals surface area (Å²) in [4.78, 5) is 13.2. The number of hydrogen-bond acceptors (Lipinski definition) is 2. The molecule has 0 aromatic carbocycles. The minimum atomic E-state index is -4.36. The van der Waals surface area contributed by atoms with E-state index in [1.807, 2.05) is 0 Å². The van der Waals surface area contributed by atoms with Gasteiger partial charge in [0.1, 0.15) is 12.0 Å². The Hall–Kier alpha value is -3.23. The van der Waals surface area contributed by atoms with E-state index in [-0.39, 0.29) is 17.3 Å². The van der Waals surface area contributed by atoms with Crippen molar-refractivity contribution in [3.8, 4) is 0 Å². The molecule has 1 aromatic heterocycles. The van der Waals surface area contributed by atoms with E-state index < -0.39 is 42.5 Å². The van der Waals surface area contributed by atoms with Gasteiger partial charge in [0, 0.05) is 11.6 Å². The normalized spacial score (nSPS) is 22.6. The first kappa shape index (κ1) is 29.3. The Bertz CT molecular complexity index is 1120. The molecule has 1 aromatic rings. The molecule has 206 valence electrons. The Morgan fingerprint density at radius 1 is 1.24 bits per heavy atom. The molecule has 3 rings (SSSR count). The van der Waals surface area contributed by atoms with Crippen LogP contribution >= 0.6 is 0 Å². The molecule has 9 heteroatoms. The van der Waals surface area contributed by atoms with Crippen LogP contribution in [0.2, 0.25) is 0 Å². The molecule has 1 amide bonds. The summed E-state index contributed by atoms with van der Waals surface area (Å²) in [7, 11) is 0. The molecule has 0 saturated heterocycles. The van der Waals surface area contributed by atoms with Crippen LogP contribution in [-0.2, 0) is 11.2 Å². The lowest BCUT2D eigenvalue weighted by Gasteiger charge is -2.15. The third kappa shape index (κ3) is 9.26. The van der Waals surface area contributed by atoms with Crippen molar-refractivity contribution in [2.45, 2.75) is 76.2 Å². The van der Waals surface area contributed by atoms with Gasteiger partial charge in [0.15, 0.2) is 0 Å². The first-order chi connectivity index (χ1) is 18.1. The number of carbonyl (C=O) groups is 1. The molecule has 1 N–H and O–H groups in total. The highest BCUT2D eigenvalue weighted by Gasteiger charge is 2.33. The van der Waals surface area contributed by atoms with Gasteiger partial charge in [-0.15, -0.1) is 6.58 Å². The second kappa shape index (κ2) is 13.5. The summed E-state index contributed by atoms with van der Waals surface area (Å²) in [5.41, 5.74) is 0.469. The number of nitrogens with one attached hydrogen (secondary N) is 1. The molecular formula is C29H34F5N3O. The summed E-state index contributed by atoms with van der Waals surface area (Å²) < 4.78 is 69.3. The number of aromatic nitrogens is 2. The summed E-state index contributed by atoms with van der Waals surface area (Å²) in [6, 6.07) is 1.08. The molecule has 0 radical (unpaired) electrons. The van der Waals surface area contributed by atoms with Crippen LogP contribution in [0, 0.1) is 5.92 Å². The van der Waals surface area contributed by atoms with E-state index in [4.69, 9.17) is 0 Å². The zero-order valence-corrected chi connectivity index (χ0v) is 21.4. The standard InChI is InChI=1S/C29H34F5N3O/c1-3-4-5-7-10-22(28(38)35-26-17-23(30)11-8-6-9-12-25(26)31)14-13-20(2)37-27(21-15-16-21)18-24(36-37)19-29(32,33)34/h3,7-8,10-14,17-18,20-23H,1,4-6,9,15-16,19H2,2H3,(H,35,38)/b10-7-,11-8-,14-13-,25-12+,26-17?. The highest BCUT2D eigenvalue weighted by atomic mass is 19.4. The monoisotopic (exact) mass is 535 g/mol. The fraction of sp³-hybridized carbons (Fsp3) is 0.448. The van der Waals surface area contributed by atoms with Crippen LogP contribution in [0.3, 0.4) is 0 Å². The molecule has 1 heterocycles. The van der Waals surface area contributed by atoms with Crippen molar-refractivity contribution in [3.63, 3.8) is 0 Å². The van der Waals surface area contributed by atoms with Crippen molar-refractivity contribution >= 4 is 5.91 Å². The lowest BCUT2D eigenvalue weighted by molar-refractivity contribution is -0.128. The minimum Gasteiger partial charge on any atom is -0.323 e. The highest BCUT2D eigenvalue weighted by molar-refractivity contribution is 5.84. The van der Waals surface area contributed by atoms with Gasteiger partial charge in [-0.2, -0.15) is 18.3 Å². The molecule has 4 nitrogen and oxygen atoms in total. The molecule has 0 bridgehead atoms. The predicted molar refractivity (Wildman–Crippen MR) is 139 cm³/mol. The maximum absolute atomic E-state index is 14.6. The Kier molecular flexibility index (Phi) is 10.4. The van der Waals surface area contributed by atoms with Gasteiger partial charge in [-0.3, -0.25) is 9.48 Å². The lowest BCUT2D eigenvalue weighted by atomic mass is 10.0. The van der Waals surface area contributed by atoms with Gasteiger partial charge >= 0.3 is 6.18 Å². The third-order valence-corrected chi connectivity index (χ3v) is 6.18. The Morgan fingerprint density at radius 2 is 2.00 bits per heavy atom. The summed E-state index contributed by atoms with van der Waals surface area (Å²) in [6.45, 7) is 5.45. The molecule has 3 unspecified atom stereocenters. The number of allylic oxidation sites excluding steroid dienone is 8. The van der Waals surface area contributed by atoms with E-state index in [2.05, 4.69) is 17.0 Å². The number of rotatable bonds is 11. The number of halogens is 5. The molecule has 2 aliphatic carbocycles. The Morgan fingerprint density at radius 3 is 2.68 bits per heavy atom. The number of hydrogen-bond donors (Lipinski definition) is 1. The van der Waals surface area contributed by atoms with Crippen molar-refractivity contribution in [1.82, 2.24) is 15.1 Å². The van der Waals surface area contributed by atoms with Gasteiger partial charge in [-0.25, -0.2) is 8.78 Å². The smallest absolute Gasteiger partial charge is 0.323 e. The summed E-state index contributed by atoms with van der Waals surface area (Å²) in [5.74, 6) is -1.92. The predicted octanol–water partition coefficient (Wildman–Crippen LogP) is 7.66. The zero-order valence-electron chi connectivity index (χ0n) is 21.4. The number of amides is 1. The number of carbonyl (C=O) groups excluding carboxylic acids is 1. The van der Waals surface area contributed by atoms with Gasteiger partial charge in [0.2, 0.25) is 5.91 Å². The van der Waals surface area contributed by atoms with Gasteiger partial charge in [0.05, 0.1) is 29.8 Å². The molecular weight excluding hydrogens is 501 g/mol. The third-order valence-electron chi connectivity index (χ3n) is 6.18. The summed E-state index contributed by atoms with van der Waals surface area (Å²) in [5, 5.41) is 6.71. The number of unbranched alkanes of at least 4 members (excludes halogenated alkanes) is 1. The van der Waals surface area contributed by atoms with Crippen LogP contribution in [0.4, 0.5) is 22.0 Å². The van der Waals surface area contributed by atoms with E-state index >= 15 is 0 Å². The van der Waals surface area contributed by atoms with Crippen LogP contribution in [-0.4, -0.2) is 28.0 Å². The van der Waals surface area contributed by atoms with Gasteiger partial charge in [-0.1, -0.05) is 42.5 Å². The van der Waals surface area contributed by atoms with Crippen molar-refractivity contribution in [2.24, 2.45) is 5.92 Å². The molecule has 2 aliphatic rings. The molecule has 1 saturated carbocycles. The van der Waals surface area contributed by atoms with Crippen molar-refractivity contribution in [1.29, 1.82) is 0 Å². The number of alkyl halides is 4. The fourth-order valence-corrected chi connectivity index (χ4v) is 4.08. The molecule has 0 spiro atoms. The lowest BCUT2D eigenvalue weighted by Crippen LogP contribution is -2.29. The van der Waals surface area contributed by atoms with E-state index in [1.54, 1.807) is 48.1 Å². The van der Waals surface area contributed by atoms with Crippen LogP contribution < -0.4 is 5.32 Å². The fourth-order valence-electron chi connectivity index (χ4n) is 4.08. The Labute approximate surface area is 220 Å². The Balaban J connectivity index is 1.82. The van der Waals surface area contributed by atoms with E-state index in [9.17, 15) is 26.7 Å². The quantitative estimate of drug-likeness (QED) is 0.180. The van der Waals surface area contributed by atoms with Gasteiger partial charge in [-0.05, 0) is 63.7 Å². The maximum atomic E-state index is 14.6. The van der Waals surface area contributed by atoms with Gasteiger partial charge in [0.25, 0.3) is 0 Å². The molecule has 0 aliphatic heterocycles. The SMILES string of the molecule is C=CCC/C=C\C(/C=C\C(C)n1nc(CC(F)(F)F)cc1C1CC1)C(=O)NC1=CC(F)/C=C\CC/C=C\1F. The van der Waals surface area contributed by atoms with E-state index in [1.165, 1.54) is 18.2 Å². The molecule has 1 fully saturated rings. The van der Waals surface area contributed by atoms with Crippen LogP contribution in [0.15, 0.2) is 78.9 Å². The largest absolute Gasteiger partial charge is 0.394 e. The zero-order chi connectivity index (χ0) is 27.7. The average Bonchev–Trinajstić information content (AvgIpc) is 3.60. The van der Waals surface area contributed by atoms with Gasteiger partial charge < -0.3 is 5.32 Å². The van der Waals surface area contributed by atoms with Crippen molar-refractivity contribution in [2.75, 3.05) is 0 Å². The summed E-state index contributed by atoms with van der Waals surface area (Å²) >= 11 is 0. The van der Waals surface area contributed by atoms with Crippen LogP contribution in [0.5, 0.6) is 0 Å². The van der Waals surface area contributed by atoms with Crippen LogP contribution in [0.1, 0.15) is 68.8 Å². The molecule has 38 heavy (non-hydrogen) atoms. The highest BCUT2D eigenvalue weighted by Crippen LogP contribution is 2.41. The average molecular weight is 536 g/mol. The number of nitrogens with zero attached hydrogens (tertiary/aromatic N) is 2. The summed E-state index contributed by atoms with van der Waals surface area (Å²) in [6.07, 6.45) is 10.7.